The molecule has 1 aliphatic carbocycles. The summed E-state index contributed by atoms with van der Waals surface area (Å²) in [4.78, 5) is 13.9. The molecule has 0 spiro atoms. The minimum Gasteiger partial charge on any atom is -0.371 e. The summed E-state index contributed by atoms with van der Waals surface area (Å²) >= 11 is 0. The van der Waals surface area contributed by atoms with Crippen LogP contribution < -0.4 is 5.32 Å². The number of nitrogens with one attached hydrogen (secondary N) is 1. The molecule has 18 heavy (non-hydrogen) atoms. The second-order valence-electron chi connectivity index (χ2n) is 5.36. The van der Waals surface area contributed by atoms with Crippen LogP contribution in [0.5, 0.6) is 0 Å². The molecule has 1 saturated heterocycles. The fraction of sp³-hybridized carbons (Fsp3) is 0.923. The van der Waals surface area contributed by atoms with Crippen LogP contribution in [-0.4, -0.2) is 50.7 Å². The third kappa shape index (κ3) is 5.12. The Morgan fingerprint density at radius 3 is 2.78 bits per heavy atom. The molecule has 2 fully saturated rings. The van der Waals surface area contributed by atoms with Crippen molar-refractivity contribution in [3.05, 3.63) is 0 Å². The first-order chi connectivity index (χ1) is 8.29. The number of likely N-dealkylation sites (tertiary alicyclic amines) is 1. The number of carbonyl (C=O) groups is 1. The van der Waals surface area contributed by atoms with E-state index in [9.17, 15) is 4.79 Å². The first kappa shape index (κ1) is 15.7. The molecule has 1 aliphatic heterocycles. The molecule has 0 aromatic carbocycles. The van der Waals surface area contributed by atoms with Gasteiger partial charge in [0.15, 0.2) is 0 Å². The Morgan fingerprint density at radius 1 is 1.33 bits per heavy atom. The van der Waals surface area contributed by atoms with E-state index in [2.05, 4.69) is 5.32 Å². The van der Waals surface area contributed by atoms with E-state index in [4.69, 9.17) is 4.74 Å². The third-order valence-corrected chi connectivity index (χ3v) is 3.64. The summed E-state index contributed by atoms with van der Waals surface area (Å²) in [7, 11) is 1.97. The van der Waals surface area contributed by atoms with Gasteiger partial charge in [0.1, 0.15) is 6.61 Å². The summed E-state index contributed by atoms with van der Waals surface area (Å²) in [6, 6.07) is 0. The predicted octanol–water partition coefficient (Wildman–Crippen LogP) is 1.29. The molecule has 1 amide bonds. The monoisotopic (exact) mass is 276 g/mol. The summed E-state index contributed by atoms with van der Waals surface area (Å²) in [6.07, 6.45) is 4.92. The molecule has 0 aromatic rings. The normalized spacial score (nSPS) is 23.6. The lowest BCUT2D eigenvalue weighted by Gasteiger charge is -2.32. The standard InChI is InChI=1S/C13H24N2O2.ClH/c1-14-7-12-3-2-6-15(8-12)13(16)10-17-9-11-4-5-11;/h11-12,14H,2-10H2,1H3;1H. The zero-order valence-electron chi connectivity index (χ0n) is 11.2. The van der Waals surface area contributed by atoms with Gasteiger partial charge in [0.2, 0.25) is 5.91 Å². The number of halogens is 1. The topological polar surface area (TPSA) is 41.6 Å². The van der Waals surface area contributed by atoms with Crippen molar-refractivity contribution in [3.8, 4) is 0 Å². The maximum Gasteiger partial charge on any atom is 0.248 e. The van der Waals surface area contributed by atoms with Crippen LogP contribution in [0.2, 0.25) is 0 Å². The zero-order valence-corrected chi connectivity index (χ0v) is 12.0. The highest BCUT2D eigenvalue weighted by atomic mass is 35.5. The smallest absolute Gasteiger partial charge is 0.248 e. The lowest BCUT2D eigenvalue weighted by Crippen LogP contribution is -2.44. The van der Waals surface area contributed by atoms with Gasteiger partial charge in [-0.2, -0.15) is 0 Å². The Morgan fingerprint density at radius 2 is 2.11 bits per heavy atom. The van der Waals surface area contributed by atoms with Gasteiger partial charge in [0.05, 0.1) is 6.61 Å². The van der Waals surface area contributed by atoms with E-state index in [0.717, 1.165) is 38.6 Å². The molecule has 0 bridgehead atoms. The van der Waals surface area contributed by atoms with E-state index in [1.807, 2.05) is 11.9 Å². The number of ether oxygens (including phenoxy) is 1. The fourth-order valence-electron chi connectivity index (χ4n) is 2.44. The van der Waals surface area contributed by atoms with Gasteiger partial charge >= 0.3 is 0 Å². The van der Waals surface area contributed by atoms with E-state index < -0.39 is 0 Å². The van der Waals surface area contributed by atoms with E-state index in [-0.39, 0.29) is 24.9 Å². The Labute approximate surface area is 116 Å². The summed E-state index contributed by atoms with van der Waals surface area (Å²) in [6.45, 7) is 3.87. The molecule has 1 unspecified atom stereocenters. The number of rotatable bonds is 6. The van der Waals surface area contributed by atoms with E-state index in [1.54, 1.807) is 0 Å². The SMILES string of the molecule is CNCC1CCCN(C(=O)COCC2CC2)C1.Cl. The maximum absolute atomic E-state index is 11.9. The maximum atomic E-state index is 11.9. The molecule has 106 valence electrons. The molecule has 2 aliphatic rings. The number of hydrogen-bond acceptors (Lipinski definition) is 3. The van der Waals surface area contributed by atoms with Crippen LogP contribution in [-0.2, 0) is 9.53 Å². The molecule has 1 N–H and O–H groups in total. The average Bonchev–Trinajstić information content (AvgIpc) is 3.14. The average molecular weight is 277 g/mol. The van der Waals surface area contributed by atoms with Crippen LogP contribution in [0, 0.1) is 11.8 Å². The van der Waals surface area contributed by atoms with Gasteiger partial charge < -0.3 is 15.0 Å². The van der Waals surface area contributed by atoms with Gasteiger partial charge in [0.25, 0.3) is 0 Å². The quantitative estimate of drug-likeness (QED) is 0.795. The minimum absolute atomic E-state index is 0. The first-order valence-corrected chi connectivity index (χ1v) is 6.79. The van der Waals surface area contributed by atoms with Crippen molar-refractivity contribution in [2.24, 2.45) is 11.8 Å². The van der Waals surface area contributed by atoms with Crippen LogP contribution in [0.15, 0.2) is 0 Å². The van der Waals surface area contributed by atoms with Crippen molar-refractivity contribution in [1.29, 1.82) is 0 Å². The van der Waals surface area contributed by atoms with Gasteiger partial charge in [-0.3, -0.25) is 4.79 Å². The van der Waals surface area contributed by atoms with Crippen LogP contribution in [0.1, 0.15) is 25.7 Å². The number of amides is 1. The van der Waals surface area contributed by atoms with Gasteiger partial charge in [-0.05, 0) is 51.1 Å². The molecule has 2 rings (SSSR count). The summed E-state index contributed by atoms with van der Waals surface area (Å²) < 4.78 is 5.46. The largest absolute Gasteiger partial charge is 0.371 e. The number of carbonyl (C=O) groups excluding carboxylic acids is 1. The molecule has 1 saturated carbocycles. The highest BCUT2D eigenvalue weighted by Gasteiger charge is 2.25. The van der Waals surface area contributed by atoms with E-state index in [0.29, 0.717) is 5.92 Å². The molecule has 0 aromatic heterocycles. The summed E-state index contributed by atoms with van der Waals surface area (Å²) in [5.41, 5.74) is 0. The van der Waals surface area contributed by atoms with E-state index in [1.165, 1.54) is 19.3 Å². The Bertz CT molecular complexity index is 257. The van der Waals surface area contributed by atoms with Gasteiger partial charge in [-0.15, -0.1) is 12.4 Å². The van der Waals surface area contributed by atoms with Crippen LogP contribution in [0.4, 0.5) is 0 Å². The van der Waals surface area contributed by atoms with Crippen molar-refractivity contribution in [2.45, 2.75) is 25.7 Å². The Hall–Kier alpha value is -0.320. The molecular formula is C13H25ClN2O2. The van der Waals surface area contributed by atoms with Gasteiger partial charge in [-0.25, -0.2) is 0 Å². The third-order valence-electron chi connectivity index (χ3n) is 3.64. The molecule has 0 radical (unpaired) electrons. The lowest BCUT2D eigenvalue weighted by molar-refractivity contribution is -0.138. The predicted molar refractivity (Wildman–Crippen MR) is 74.0 cm³/mol. The molecule has 1 heterocycles. The molecule has 1 atom stereocenters. The summed E-state index contributed by atoms with van der Waals surface area (Å²) in [5.74, 6) is 1.52. The van der Waals surface area contributed by atoms with Crippen LogP contribution >= 0.6 is 12.4 Å². The lowest BCUT2D eigenvalue weighted by atomic mass is 9.98. The number of piperidine rings is 1. The van der Waals surface area contributed by atoms with Crippen LogP contribution in [0.25, 0.3) is 0 Å². The Kier molecular flexibility index (Phi) is 6.97. The fourth-order valence-corrected chi connectivity index (χ4v) is 2.44. The zero-order chi connectivity index (χ0) is 12.1. The highest BCUT2D eigenvalue weighted by Crippen LogP contribution is 2.28. The second kappa shape index (κ2) is 7.97. The van der Waals surface area contributed by atoms with Gasteiger partial charge in [0, 0.05) is 13.1 Å². The molecule has 4 nitrogen and oxygen atoms in total. The Balaban J connectivity index is 0.00000162. The van der Waals surface area contributed by atoms with Crippen molar-refractivity contribution in [2.75, 3.05) is 39.9 Å². The second-order valence-corrected chi connectivity index (χ2v) is 5.36. The van der Waals surface area contributed by atoms with Crippen LogP contribution in [0.3, 0.4) is 0 Å². The van der Waals surface area contributed by atoms with Gasteiger partial charge in [-0.1, -0.05) is 0 Å². The van der Waals surface area contributed by atoms with Crippen molar-refractivity contribution in [1.82, 2.24) is 10.2 Å². The summed E-state index contributed by atoms with van der Waals surface area (Å²) in [5, 5.41) is 3.19. The number of hydrogen-bond donors (Lipinski definition) is 1. The minimum atomic E-state index is 0. The highest BCUT2D eigenvalue weighted by molar-refractivity contribution is 5.85. The van der Waals surface area contributed by atoms with Crippen molar-refractivity contribution >= 4 is 18.3 Å². The first-order valence-electron chi connectivity index (χ1n) is 6.79. The van der Waals surface area contributed by atoms with Crippen molar-refractivity contribution < 1.29 is 9.53 Å². The molecular weight excluding hydrogens is 252 g/mol. The van der Waals surface area contributed by atoms with E-state index >= 15 is 0 Å². The van der Waals surface area contributed by atoms with Crippen molar-refractivity contribution in [3.63, 3.8) is 0 Å². The number of nitrogens with zero attached hydrogens (tertiary/aromatic N) is 1. The molecule has 5 heteroatoms.